The molecule has 0 fully saturated rings. The van der Waals surface area contributed by atoms with Crippen molar-refractivity contribution in [3.8, 4) is 11.1 Å². The maximum atomic E-state index is 10.4. The van der Waals surface area contributed by atoms with Crippen LogP contribution >= 0.6 is 10.8 Å². The predicted octanol–water partition coefficient (Wildman–Crippen LogP) is 0.915. The number of rotatable bonds is 0. The highest BCUT2D eigenvalue weighted by Gasteiger charge is 2.27. The fraction of sp³-hybridized carbons (Fsp3) is 0. The molecular formula is C3HNO2S. The molecule has 0 radical (unpaired) electrons. The van der Waals surface area contributed by atoms with Gasteiger partial charge in [0.15, 0.2) is 0 Å². The Morgan fingerprint density at radius 2 is 2.57 bits per heavy atom. The average molecular weight is 115 g/mol. The summed E-state index contributed by atoms with van der Waals surface area (Å²) in [6, 6.07) is 0. The second-order valence-electron chi connectivity index (χ2n) is 1.23. The molecule has 2 bridgehead atoms. The molecule has 4 heteroatoms. The summed E-state index contributed by atoms with van der Waals surface area (Å²) in [5.41, 5.74) is 0. The van der Waals surface area contributed by atoms with Gasteiger partial charge in [-0.25, -0.2) is 0 Å². The fourth-order valence-electron chi connectivity index (χ4n) is 0.464. The van der Waals surface area contributed by atoms with Crippen molar-refractivity contribution in [2.24, 2.45) is 0 Å². The third kappa shape index (κ3) is 0.262. The molecule has 0 saturated heterocycles. The summed E-state index contributed by atoms with van der Waals surface area (Å²) in [5.74, 6) is 0.508. The highest BCUT2D eigenvalue weighted by atomic mass is 32.2. The van der Waals surface area contributed by atoms with E-state index in [1.807, 2.05) is 0 Å². The van der Waals surface area contributed by atoms with E-state index in [0.29, 0.717) is 11.1 Å². The number of aromatic nitrogens is 1. The Morgan fingerprint density at radius 1 is 1.86 bits per heavy atom. The maximum absolute atomic E-state index is 10.4. The van der Waals surface area contributed by atoms with Gasteiger partial charge in [0.25, 0.3) is 5.88 Å². The van der Waals surface area contributed by atoms with Crippen LogP contribution in [0.15, 0.2) is 5.38 Å². The molecule has 0 spiro atoms. The third-order valence-corrected chi connectivity index (χ3v) is 1.71. The topological polar surface area (TPSA) is 45.2 Å². The Bertz CT molecular complexity index is 207. The summed E-state index contributed by atoms with van der Waals surface area (Å²) in [6.45, 7) is 0. The molecule has 0 N–H and O–H groups in total. The van der Waals surface area contributed by atoms with Gasteiger partial charge < -0.3 is 9.29 Å². The monoisotopic (exact) mass is 115 g/mol. The van der Waals surface area contributed by atoms with Gasteiger partial charge in [0.1, 0.15) is 0 Å². The molecule has 3 nitrogen and oxygen atoms in total. The van der Waals surface area contributed by atoms with Crippen LogP contribution in [-0.4, -0.2) is 9.54 Å². The van der Waals surface area contributed by atoms with Crippen molar-refractivity contribution in [1.29, 1.82) is 0 Å². The molecule has 2 aliphatic heterocycles. The molecule has 0 amide bonds. The lowest BCUT2D eigenvalue weighted by molar-refractivity contribution is 0.399. The summed E-state index contributed by atoms with van der Waals surface area (Å²) < 4.78 is 15.1. The number of hydrogen-bond donors (Lipinski definition) is 0. The molecule has 0 aliphatic carbocycles. The molecule has 3 heterocycles. The summed E-state index contributed by atoms with van der Waals surface area (Å²) in [4.78, 5) is 3.67. The highest BCUT2D eigenvalue weighted by molar-refractivity contribution is 7.25. The largest absolute Gasteiger partial charge is 0.586 e. The van der Waals surface area contributed by atoms with E-state index in [1.54, 1.807) is 0 Å². The summed E-state index contributed by atoms with van der Waals surface area (Å²) in [5, 5.41) is 1.84. The number of thiazole rings is 1. The summed E-state index contributed by atoms with van der Waals surface area (Å²) >= 11 is 0. The van der Waals surface area contributed by atoms with Crippen LogP contribution in [0.5, 0.6) is 11.1 Å². The zero-order chi connectivity index (χ0) is 4.85. The molecule has 1 atom stereocenters. The number of hydrogen-bond acceptors (Lipinski definition) is 3. The van der Waals surface area contributed by atoms with Crippen molar-refractivity contribution < 1.29 is 9.29 Å². The second kappa shape index (κ2) is 0.801. The van der Waals surface area contributed by atoms with Gasteiger partial charge in [0, 0.05) is 10.8 Å². The SMILES string of the molecule is [O-][s+]1cc2nc1O2. The fourth-order valence-corrected chi connectivity index (χ4v) is 1.20. The van der Waals surface area contributed by atoms with Crippen molar-refractivity contribution in [2.75, 3.05) is 0 Å². The van der Waals surface area contributed by atoms with Gasteiger partial charge in [0.05, 0.1) is 0 Å². The minimum absolute atomic E-state index is 0.356. The molecule has 36 valence electrons. The smallest absolute Gasteiger partial charge is 0.444 e. The van der Waals surface area contributed by atoms with Gasteiger partial charge in [-0.3, -0.25) is 0 Å². The molecule has 2 aliphatic rings. The lowest BCUT2D eigenvalue weighted by Crippen LogP contribution is -1.90. The van der Waals surface area contributed by atoms with E-state index in [-0.39, 0.29) is 0 Å². The third-order valence-electron chi connectivity index (χ3n) is 0.773. The number of nitrogens with zero attached hydrogens (tertiary/aromatic N) is 1. The first-order valence-electron chi connectivity index (χ1n) is 1.75. The van der Waals surface area contributed by atoms with E-state index < -0.39 is 10.8 Å². The van der Waals surface area contributed by atoms with Crippen molar-refractivity contribution >= 4 is 10.8 Å². The average Bonchev–Trinajstić information content (AvgIpc) is 1.85. The lowest BCUT2D eigenvalue weighted by atomic mass is 10.8. The van der Waals surface area contributed by atoms with Crippen molar-refractivity contribution in [3.63, 3.8) is 0 Å². The molecule has 7 heavy (non-hydrogen) atoms. The van der Waals surface area contributed by atoms with Crippen LogP contribution in [0.1, 0.15) is 0 Å². The van der Waals surface area contributed by atoms with Crippen LogP contribution in [-0.2, 0) is 0 Å². The van der Waals surface area contributed by atoms with Crippen LogP contribution in [0.3, 0.4) is 0 Å². The molecule has 1 aromatic heterocycles. The Labute approximate surface area is 42.4 Å². The highest BCUT2D eigenvalue weighted by Crippen LogP contribution is 2.43. The Balaban J connectivity index is 2.81. The Kier molecular flexibility index (Phi) is 0.389. The normalized spacial score (nSPS) is 15.3. The minimum Gasteiger partial charge on any atom is -0.586 e. The lowest BCUT2D eigenvalue weighted by Gasteiger charge is -1.94. The Morgan fingerprint density at radius 3 is 2.71 bits per heavy atom. The number of ether oxygens (including phenoxy) is 1. The zero-order valence-electron chi connectivity index (χ0n) is 3.25. The summed E-state index contributed by atoms with van der Waals surface area (Å²) in [7, 11) is -1.03. The predicted molar refractivity (Wildman–Crippen MR) is 23.0 cm³/mol. The minimum atomic E-state index is -1.03. The van der Waals surface area contributed by atoms with Gasteiger partial charge in [0.2, 0.25) is 5.38 Å². The van der Waals surface area contributed by atoms with Crippen LogP contribution in [0.2, 0.25) is 0 Å². The van der Waals surface area contributed by atoms with Gasteiger partial charge in [-0.05, 0) is 0 Å². The molecule has 1 unspecified atom stereocenters. The van der Waals surface area contributed by atoms with Gasteiger partial charge in [-0.2, -0.15) is 0 Å². The molecule has 1 aromatic rings. The number of fused-ring (bicyclic) bond motifs is 1. The molecular weight excluding hydrogens is 114 g/mol. The maximum Gasteiger partial charge on any atom is 0.444 e. The standard InChI is InChI=1S/C3HNO2S/c5-7-1-2-4-3(7)6-2/h1H. The van der Waals surface area contributed by atoms with Crippen molar-refractivity contribution in [3.05, 3.63) is 5.38 Å². The first-order valence-corrected chi connectivity index (χ1v) is 2.96. The van der Waals surface area contributed by atoms with Gasteiger partial charge in [-0.1, -0.05) is 0 Å². The van der Waals surface area contributed by atoms with E-state index in [1.165, 1.54) is 5.38 Å². The van der Waals surface area contributed by atoms with E-state index in [2.05, 4.69) is 9.72 Å². The van der Waals surface area contributed by atoms with Crippen LogP contribution in [0.25, 0.3) is 0 Å². The van der Waals surface area contributed by atoms with E-state index in [4.69, 9.17) is 0 Å². The van der Waals surface area contributed by atoms with Crippen molar-refractivity contribution in [2.45, 2.75) is 0 Å². The zero-order valence-corrected chi connectivity index (χ0v) is 4.07. The van der Waals surface area contributed by atoms with Crippen LogP contribution in [0, 0.1) is 0 Å². The first-order chi connectivity index (χ1) is 3.36. The molecule has 3 rings (SSSR count). The van der Waals surface area contributed by atoms with Gasteiger partial charge in [-0.15, -0.1) is 4.98 Å². The van der Waals surface area contributed by atoms with Crippen LogP contribution < -0.4 is 4.74 Å². The first kappa shape index (κ1) is 3.40. The van der Waals surface area contributed by atoms with Gasteiger partial charge >= 0.3 is 5.19 Å². The van der Waals surface area contributed by atoms with Crippen molar-refractivity contribution in [1.82, 2.24) is 4.98 Å². The Hall–Kier alpha value is -0.610. The van der Waals surface area contributed by atoms with E-state index >= 15 is 0 Å². The summed E-state index contributed by atoms with van der Waals surface area (Å²) in [6.07, 6.45) is 0. The van der Waals surface area contributed by atoms with Crippen LogP contribution in [0.4, 0.5) is 0 Å². The molecule has 0 aromatic carbocycles. The quantitative estimate of drug-likeness (QED) is 0.479. The second-order valence-corrected chi connectivity index (χ2v) is 2.41. The van der Waals surface area contributed by atoms with E-state index in [9.17, 15) is 4.55 Å². The van der Waals surface area contributed by atoms with E-state index in [0.717, 1.165) is 0 Å². The molecule has 0 saturated carbocycles.